The largest absolute Gasteiger partial charge is 0.347 e. The summed E-state index contributed by atoms with van der Waals surface area (Å²) in [6, 6.07) is 8.69. The molecule has 0 saturated heterocycles. The highest BCUT2D eigenvalue weighted by Crippen LogP contribution is 2.32. The lowest BCUT2D eigenvalue weighted by atomic mass is 10.2. The molecule has 0 N–H and O–H groups in total. The number of carbonyl (C=O) groups is 1. The van der Waals surface area contributed by atoms with Crippen LogP contribution in [0.1, 0.15) is 29.9 Å². The summed E-state index contributed by atoms with van der Waals surface area (Å²) < 4.78 is 28.6. The summed E-state index contributed by atoms with van der Waals surface area (Å²) in [5, 5.41) is 0. The molecule has 0 radical (unpaired) electrons. The van der Waals surface area contributed by atoms with E-state index in [-0.39, 0.29) is 5.91 Å². The highest BCUT2D eigenvalue weighted by Gasteiger charge is 2.29. The van der Waals surface area contributed by atoms with Crippen molar-refractivity contribution in [3.8, 4) is 0 Å². The van der Waals surface area contributed by atoms with Gasteiger partial charge in [0.15, 0.2) is 0 Å². The van der Waals surface area contributed by atoms with E-state index in [0.717, 1.165) is 11.3 Å². The predicted octanol–water partition coefficient (Wildman–Crippen LogP) is 2.26. The van der Waals surface area contributed by atoms with Crippen LogP contribution >= 0.6 is 0 Å². The van der Waals surface area contributed by atoms with Crippen molar-refractivity contribution in [1.82, 2.24) is 8.87 Å². The molecule has 25 heavy (non-hydrogen) atoms. The molecule has 1 aliphatic rings. The summed E-state index contributed by atoms with van der Waals surface area (Å²) in [4.78, 5) is 14.8. The van der Waals surface area contributed by atoms with Crippen LogP contribution in [0.4, 0.5) is 5.69 Å². The Morgan fingerprint density at radius 2 is 1.92 bits per heavy atom. The number of amides is 1. The van der Waals surface area contributed by atoms with Gasteiger partial charge in [0.2, 0.25) is 10.0 Å². The topological polar surface area (TPSA) is 62.6 Å². The highest BCUT2D eigenvalue weighted by molar-refractivity contribution is 7.89. The van der Waals surface area contributed by atoms with E-state index in [1.807, 2.05) is 33.2 Å². The Kier molecular flexibility index (Phi) is 4.71. The van der Waals surface area contributed by atoms with E-state index in [4.69, 9.17) is 0 Å². The fourth-order valence-corrected chi connectivity index (χ4v) is 4.79. The van der Waals surface area contributed by atoms with E-state index in [1.54, 1.807) is 33.7 Å². The van der Waals surface area contributed by atoms with Gasteiger partial charge in [-0.15, -0.1) is 0 Å². The van der Waals surface area contributed by atoms with E-state index in [2.05, 4.69) is 0 Å². The molecule has 0 aliphatic carbocycles. The maximum Gasteiger partial charge on any atom is 0.274 e. The quantitative estimate of drug-likeness (QED) is 0.821. The third-order valence-corrected chi connectivity index (χ3v) is 6.74. The summed E-state index contributed by atoms with van der Waals surface area (Å²) >= 11 is 0. The molecule has 2 aromatic rings. The number of anilines is 1. The van der Waals surface area contributed by atoms with Gasteiger partial charge in [0, 0.05) is 38.6 Å². The Morgan fingerprint density at radius 3 is 2.52 bits per heavy atom. The van der Waals surface area contributed by atoms with Crippen LogP contribution in [0, 0.1) is 0 Å². The molecule has 1 aromatic heterocycles. The van der Waals surface area contributed by atoms with Crippen LogP contribution in [-0.4, -0.2) is 42.8 Å². The third kappa shape index (κ3) is 2.98. The second-order valence-corrected chi connectivity index (χ2v) is 8.03. The first-order valence-electron chi connectivity index (χ1n) is 8.46. The van der Waals surface area contributed by atoms with Gasteiger partial charge in [-0.3, -0.25) is 4.79 Å². The Hall–Kier alpha value is -2.12. The fourth-order valence-electron chi connectivity index (χ4n) is 3.28. The zero-order chi connectivity index (χ0) is 18.2. The van der Waals surface area contributed by atoms with E-state index in [1.165, 1.54) is 4.31 Å². The number of carbonyl (C=O) groups excluding carboxylic acids is 1. The molecule has 0 saturated carbocycles. The summed E-state index contributed by atoms with van der Waals surface area (Å²) in [6.07, 6.45) is 2.50. The highest BCUT2D eigenvalue weighted by atomic mass is 32.2. The standard InChI is InChI=1S/C18H23N3O3S/c1-4-20(5-2)25(23,24)15-8-9-16-14(13-15)10-12-21(16)18(22)17-7-6-11-19(17)3/h6-9,11,13H,4-5,10,12H2,1-3H3. The first kappa shape index (κ1) is 17.7. The number of nitrogens with zero attached hydrogens (tertiary/aromatic N) is 3. The van der Waals surface area contributed by atoms with Crippen LogP contribution < -0.4 is 4.90 Å². The van der Waals surface area contributed by atoms with Gasteiger partial charge >= 0.3 is 0 Å². The number of hydrogen-bond acceptors (Lipinski definition) is 3. The van der Waals surface area contributed by atoms with E-state index in [9.17, 15) is 13.2 Å². The van der Waals surface area contributed by atoms with Crippen LogP contribution in [0.15, 0.2) is 41.4 Å². The van der Waals surface area contributed by atoms with Crippen LogP contribution in [-0.2, 0) is 23.5 Å². The monoisotopic (exact) mass is 361 g/mol. The molecule has 134 valence electrons. The summed E-state index contributed by atoms with van der Waals surface area (Å²) in [6.45, 7) is 5.10. The molecule has 7 heteroatoms. The first-order chi connectivity index (χ1) is 11.9. The van der Waals surface area contributed by atoms with Gasteiger partial charge in [-0.05, 0) is 42.3 Å². The molecule has 0 fully saturated rings. The fraction of sp³-hybridized carbons (Fsp3) is 0.389. The lowest BCUT2D eigenvalue weighted by Gasteiger charge is -2.20. The first-order valence-corrected chi connectivity index (χ1v) is 9.90. The van der Waals surface area contributed by atoms with Crippen molar-refractivity contribution in [3.63, 3.8) is 0 Å². The van der Waals surface area contributed by atoms with Crippen molar-refractivity contribution in [3.05, 3.63) is 47.8 Å². The minimum Gasteiger partial charge on any atom is -0.347 e. The van der Waals surface area contributed by atoms with Crippen molar-refractivity contribution in [1.29, 1.82) is 0 Å². The molecule has 6 nitrogen and oxygen atoms in total. The third-order valence-electron chi connectivity index (χ3n) is 4.70. The molecule has 0 bridgehead atoms. The van der Waals surface area contributed by atoms with Crippen molar-refractivity contribution in [2.45, 2.75) is 25.2 Å². The summed E-state index contributed by atoms with van der Waals surface area (Å²) in [5.41, 5.74) is 2.31. The zero-order valence-electron chi connectivity index (χ0n) is 14.8. The van der Waals surface area contributed by atoms with Gasteiger partial charge in [0.1, 0.15) is 5.69 Å². The van der Waals surface area contributed by atoms with Crippen molar-refractivity contribution in [2.24, 2.45) is 7.05 Å². The summed E-state index contributed by atoms with van der Waals surface area (Å²) in [5.74, 6) is -0.0643. The number of sulfonamides is 1. The van der Waals surface area contributed by atoms with Crippen LogP contribution in [0.2, 0.25) is 0 Å². The van der Waals surface area contributed by atoms with Crippen LogP contribution in [0.3, 0.4) is 0 Å². The maximum atomic E-state index is 12.8. The molecule has 3 rings (SSSR count). The van der Waals surface area contributed by atoms with Gasteiger partial charge in [-0.2, -0.15) is 4.31 Å². The molecule has 0 spiro atoms. The predicted molar refractivity (Wildman–Crippen MR) is 97.3 cm³/mol. The number of hydrogen-bond donors (Lipinski definition) is 0. The molecule has 1 aliphatic heterocycles. The Balaban J connectivity index is 1.94. The maximum absolute atomic E-state index is 12.8. The lowest BCUT2D eigenvalue weighted by Crippen LogP contribution is -2.31. The van der Waals surface area contributed by atoms with E-state index >= 15 is 0 Å². The Morgan fingerprint density at radius 1 is 1.20 bits per heavy atom. The van der Waals surface area contributed by atoms with Crippen LogP contribution in [0.5, 0.6) is 0 Å². The van der Waals surface area contributed by atoms with E-state index < -0.39 is 10.0 Å². The van der Waals surface area contributed by atoms with Crippen LogP contribution in [0.25, 0.3) is 0 Å². The minimum atomic E-state index is -3.48. The molecular weight excluding hydrogens is 338 g/mol. The number of fused-ring (bicyclic) bond motifs is 1. The average molecular weight is 361 g/mol. The van der Waals surface area contributed by atoms with Gasteiger partial charge in [0.25, 0.3) is 5.91 Å². The minimum absolute atomic E-state index is 0.0643. The zero-order valence-corrected chi connectivity index (χ0v) is 15.6. The smallest absolute Gasteiger partial charge is 0.274 e. The normalized spacial score (nSPS) is 14.2. The Labute approximate surface area is 148 Å². The van der Waals surface area contributed by atoms with Gasteiger partial charge in [-0.25, -0.2) is 8.42 Å². The lowest BCUT2D eigenvalue weighted by molar-refractivity contribution is 0.0981. The molecule has 1 aromatic carbocycles. The summed E-state index contributed by atoms with van der Waals surface area (Å²) in [7, 11) is -1.65. The average Bonchev–Trinajstić information content (AvgIpc) is 3.20. The molecule has 0 atom stereocenters. The second kappa shape index (κ2) is 6.65. The van der Waals surface area contributed by atoms with Gasteiger partial charge in [-0.1, -0.05) is 13.8 Å². The van der Waals surface area contributed by atoms with Crippen molar-refractivity contribution in [2.75, 3.05) is 24.5 Å². The SMILES string of the molecule is CCN(CC)S(=O)(=O)c1ccc2c(c1)CCN2C(=O)c1cccn1C. The van der Waals surface area contributed by atoms with Crippen molar-refractivity contribution < 1.29 is 13.2 Å². The molecule has 1 amide bonds. The second-order valence-electron chi connectivity index (χ2n) is 6.09. The number of benzene rings is 1. The molecular formula is C18H23N3O3S. The Bertz CT molecular complexity index is 898. The molecule has 2 heterocycles. The number of rotatable bonds is 5. The van der Waals surface area contributed by atoms with E-state index in [0.29, 0.717) is 36.6 Å². The van der Waals surface area contributed by atoms with Gasteiger partial charge in [0.05, 0.1) is 4.90 Å². The van der Waals surface area contributed by atoms with Gasteiger partial charge < -0.3 is 9.47 Å². The number of aryl methyl sites for hydroxylation is 1. The molecule has 0 unspecified atom stereocenters. The van der Waals surface area contributed by atoms with Crippen molar-refractivity contribution >= 4 is 21.6 Å². The number of aromatic nitrogens is 1.